The van der Waals surface area contributed by atoms with Crippen LogP contribution in [0, 0.1) is 0 Å². The van der Waals surface area contributed by atoms with Gasteiger partial charge in [0, 0.05) is 26.6 Å². The first-order chi connectivity index (χ1) is 9.00. The molecule has 0 atom stereocenters. The van der Waals surface area contributed by atoms with E-state index in [1.807, 2.05) is 0 Å². The molecule has 1 heterocycles. The van der Waals surface area contributed by atoms with Gasteiger partial charge in [0.25, 0.3) is 5.91 Å². The minimum atomic E-state index is -0.953. The summed E-state index contributed by atoms with van der Waals surface area (Å²) in [6, 6.07) is 3.12. The highest BCUT2D eigenvalue weighted by atomic mass is 16.4. The monoisotopic (exact) mass is 268 g/mol. The van der Waals surface area contributed by atoms with Crippen molar-refractivity contribution in [3.05, 3.63) is 24.2 Å². The molecule has 1 aromatic heterocycles. The zero-order chi connectivity index (χ0) is 14.3. The average molecular weight is 268 g/mol. The van der Waals surface area contributed by atoms with Gasteiger partial charge in [-0.2, -0.15) is 0 Å². The molecule has 0 aliphatic rings. The number of aliphatic carboxylic acids is 1. The minimum absolute atomic E-state index is 0.0962. The highest BCUT2D eigenvalue weighted by Gasteiger charge is 2.12. The molecule has 2 amide bonds. The molecule has 0 spiro atoms. The Morgan fingerprint density at radius 3 is 2.68 bits per heavy atom. The lowest BCUT2D eigenvalue weighted by atomic mass is 10.3. The van der Waals surface area contributed by atoms with Crippen LogP contribution in [0.25, 0.3) is 0 Å². The molecule has 1 rings (SSSR count). The average Bonchev–Trinajstić information content (AvgIpc) is 2.89. The van der Waals surface area contributed by atoms with Gasteiger partial charge in [-0.1, -0.05) is 0 Å². The van der Waals surface area contributed by atoms with Crippen molar-refractivity contribution in [1.82, 2.24) is 10.2 Å². The summed E-state index contributed by atoms with van der Waals surface area (Å²) in [4.78, 5) is 34.7. The standard InChI is InChI=1S/C12H16N2O5/c1-14(7-5-11(16)17)10(15)4-6-13-12(18)9-3-2-8-19-9/h2-3,8H,4-7H2,1H3,(H,13,18)(H,16,17). The van der Waals surface area contributed by atoms with Gasteiger partial charge >= 0.3 is 5.97 Å². The molecule has 0 aromatic carbocycles. The smallest absolute Gasteiger partial charge is 0.305 e. The largest absolute Gasteiger partial charge is 0.481 e. The molecule has 0 aliphatic carbocycles. The number of carbonyl (C=O) groups is 3. The van der Waals surface area contributed by atoms with Gasteiger partial charge in [-0.25, -0.2) is 0 Å². The molecule has 0 saturated heterocycles. The molecule has 104 valence electrons. The first-order valence-electron chi connectivity index (χ1n) is 5.78. The normalized spacial score (nSPS) is 9.95. The predicted octanol–water partition coefficient (Wildman–Crippen LogP) is 0.333. The van der Waals surface area contributed by atoms with Crippen LogP contribution in [0.1, 0.15) is 23.4 Å². The van der Waals surface area contributed by atoms with Crippen molar-refractivity contribution in [1.29, 1.82) is 0 Å². The second kappa shape index (κ2) is 7.20. The summed E-state index contributed by atoms with van der Waals surface area (Å²) >= 11 is 0. The molecule has 0 radical (unpaired) electrons. The van der Waals surface area contributed by atoms with E-state index in [-0.39, 0.29) is 43.5 Å². The molecular weight excluding hydrogens is 252 g/mol. The van der Waals surface area contributed by atoms with Crippen LogP contribution in [0.2, 0.25) is 0 Å². The minimum Gasteiger partial charge on any atom is -0.481 e. The third kappa shape index (κ3) is 5.24. The Morgan fingerprint density at radius 2 is 2.11 bits per heavy atom. The van der Waals surface area contributed by atoms with Crippen molar-refractivity contribution in [2.45, 2.75) is 12.8 Å². The molecular formula is C12H16N2O5. The molecule has 0 fully saturated rings. The van der Waals surface area contributed by atoms with Crippen LogP contribution in [-0.4, -0.2) is 47.9 Å². The number of carboxylic acid groups (broad SMARTS) is 1. The number of carbonyl (C=O) groups excluding carboxylic acids is 2. The van der Waals surface area contributed by atoms with E-state index in [1.165, 1.54) is 24.3 Å². The summed E-state index contributed by atoms with van der Waals surface area (Å²) in [6.07, 6.45) is 1.41. The quantitative estimate of drug-likeness (QED) is 0.742. The maximum atomic E-state index is 11.6. The number of hydrogen-bond acceptors (Lipinski definition) is 4. The van der Waals surface area contributed by atoms with Gasteiger partial charge in [-0.3, -0.25) is 14.4 Å². The van der Waals surface area contributed by atoms with Crippen LogP contribution in [0.3, 0.4) is 0 Å². The fourth-order valence-corrected chi connectivity index (χ4v) is 1.36. The van der Waals surface area contributed by atoms with Crippen LogP contribution in [0.15, 0.2) is 22.8 Å². The van der Waals surface area contributed by atoms with Gasteiger partial charge in [0.15, 0.2) is 5.76 Å². The fraction of sp³-hybridized carbons (Fsp3) is 0.417. The Balaban J connectivity index is 2.23. The van der Waals surface area contributed by atoms with E-state index in [1.54, 1.807) is 6.07 Å². The summed E-state index contributed by atoms with van der Waals surface area (Å²) < 4.78 is 4.89. The Labute approximate surface area is 110 Å². The summed E-state index contributed by atoms with van der Waals surface area (Å²) in [5.74, 6) is -1.37. The summed E-state index contributed by atoms with van der Waals surface area (Å²) in [5.41, 5.74) is 0. The maximum Gasteiger partial charge on any atom is 0.305 e. The number of nitrogens with zero attached hydrogens (tertiary/aromatic N) is 1. The lowest BCUT2D eigenvalue weighted by molar-refractivity contribution is -0.138. The van der Waals surface area contributed by atoms with Crippen molar-refractivity contribution >= 4 is 17.8 Å². The van der Waals surface area contributed by atoms with Crippen molar-refractivity contribution in [2.24, 2.45) is 0 Å². The van der Waals surface area contributed by atoms with Gasteiger partial charge in [0.1, 0.15) is 0 Å². The van der Waals surface area contributed by atoms with E-state index in [0.717, 1.165) is 0 Å². The first-order valence-corrected chi connectivity index (χ1v) is 5.78. The van der Waals surface area contributed by atoms with Crippen molar-refractivity contribution in [2.75, 3.05) is 20.1 Å². The predicted molar refractivity (Wildman–Crippen MR) is 65.5 cm³/mol. The SMILES string of the molecule is CN(CCC(=O)O)C(=O)CCNC(=O)c1ccco1. The fourth-order valence-electron chi connectivity index (χ4n) is 1.36. The number of carboxylic acids is 1. The van der Waals surface area contributed by atoms with E-state index in [0.29, 0.717) is 0 Å². The van der Waals surface area contributed by atoms with E-state index < -0.39 is 5.97 Å². The molecule has 0 unspecified atom stereocenters. The molecule has 1 aromatic rings. The second-order valence-electron chi connectivity index (χ2n) is 3.94. The zero-order valence-corrected chi connectivity index (χ0v) is 10.6. The highest BCUT2D eigenvalue weighted by molar-refractivity contribution is 5.91. The van der Waals surface area contributed by atoms with Crippen molar-refractivity contribution < 1.29 is 23.9 Å². The van der Waals surface area contributed by atoms with Crippen LogP contribution in [0.4, 0.5) is 0 Å². The Morgan fingerprint density at radius 1 is 1.37 bits per heavy atom. The van der Waals surface area contributed by atoms with Gasteiger partial charge in [-0.05, 0) is 12.1 Å². The number of amides is 2. The number of furan rings is 1. The second-order valence-corrected chi connectivity index (χ2v) is 3.94. The number of hydrogen-bond donors (Lipinski definition) is 2. The molecule has 0 aliphatic heterocycles. The lowest BCUT2D eigenvalue weighted by Gasteiger charge is -2.15. The summed E-state index contributed by atoms with van der Waals surface area (Å²) in [7, 11) is 1.53. The topological polar surface area (TPSA) is 99.9 Å². The third-order valence-electron chi connectivity index (χ3n) is 2.46. The molecule has 7 nitrogen and oxygen atoms in total. The van der Waals surface area contributed by atoms with Crippen molar-refractivity contribution in [3.63, 3.8) is 0 Å². The van der Waals surface area contributed by atoms with E-state index in [2.05, 4.69) is 5.32 Å². The van der Waals surface area contributed by atoms with Gasteiger partial charge < -0.3 is 19.7 Å². The number of nitrogens with one attached hydrogen (secondary N) is 1. The van der Waals surface area contributed by atoms with Crippen LogP contribution < -0.4 is 5.32 Å². The molecule has 7 heteroatoms. The van der Waals surface area contributed by atoms with Gasteiger partial charge in [0.05, 0.1) is 12.7 Å². The maximum absolute atomic E-state index is 11.6. The highest BCUT2D eigenvalue weighted by Crippen LogP contribution is 1.99. The van der Waals surface area contributed by atoms with E-state index in [9.17, 15) is 14.4 Å². The van der Waals surface area contributed by atoms with Gasteiger partial charge in [0.2, 0.25) is 5.91 Å². The Bertz CT molecular complexity index is 441. The molecule has 2 N–H and O–H groups in total. The van der Waals surface area contributed by atoms with Crippen molar-refractivity contribution in [3.8, 4) is 0 Å². The number of rotatable bonds is 7. The first kappa shape index (κ1) is 14.7. The lowest BCUT2D eigenvalue weighted by Crippen LogP contribution is -2.33. The molecule has 0 bridgehead atoms. The van der Waals surface area contributed by atoms with Crippen LogP contribution in [0.5, 0.6) is 0 Å². The molecule has 0 saturated carbocycles. The van der Waals surface area contributed by atoms with Crippen LogP contribution >= 0.6 is 0 Å². The Hall–Kier alpha value is -2.31. The third-order valence-corrected chi connectivity index (χ3v) is 2.46. The molecule has 19 heavy (non-hydrogen) atoms. The zero-order valence-electron chi connectivity index (χ0n) is 10.6. The van der Waals surface area contributed by atoms with E-state index >= 15 is 0 Å². The summed E-state index contributed by atoms with van der Waals surface area (Å²) in [6.45, 7) is 0.329. The van der Waals surface area contributed by atoms with E-state index in [4.69, 9.17) is 9.52 Å². The van der Waals surface area contributed by atoms with Gasteiger partial charge in [-0.15, -0.1) is 0 Å². The summed E-state index contributed by atoms with van der Waals surface area (Å²) in [5, 5.41) is 11.0. The van der Waals surface area contributed by atoms with Crippen LogP contribution in [-0.2, 0) is 9.59 Å². The Kier molecular flexibility index (Phi) is 5.59.